The number of nitrogens with zero attached hydrogens (tertiary/aromatic N) is 4. The van der Waals surface area contributed by atoms with Crippen molar-refractivity contribution in [3.63, 3.8) is 0 Å². The molecule has 0 amide bonds. The molecule has 0 saturated carbocycles. The summed E-state index contributed by atoms with van der Waals surface area (Å²) >= 11 is 0. The van der Waals surface area contributed by atoms with Crippen molar-refractivity contribution < 1.29 is 45.0 Å². The maximum atomic E-state index is 11.2. The average Bonchev–Trinajstić information content (AvgIpc) is 2.68. The Morgan fingerprint density at radius 3 is 1.41 bits per heavy atom. The molecule has 0 aromatic rings. The van der Waals surface area contributed by atoms with E-state index in [2.05, 4.69) is 0 Å². The van der Waals surface area contributed by atoms with Gasteiger partial charge in [0.1, 0.15) is 0 Å². The van der Waals surface area contributed by atoms with Crippen molar-refractivity contribution in [3.8, 4) is 0 Å². The molecule has 1 saturated heterocycles. The molecule has 2 atom stereocenters. The van der Waals surface area contributed by atoms with Crippen LogP contribution in [0.25, 0.3) is 0 Å². The maximum absolute atomic E-state index is 11.2. The molecular formula is C18H32CaN4O9. The van der Waals surface area contributed by atoms with Gasteiger partial charge in [0.05, 0.1) is 43.8 Å². The van der Waals surface area contributed by atoms with E-state index in [0.717, 1.165) is 0 Å². The topological polar surface area (TPSA) is 191 Å². The van der Waals surface area contributed by atoms with Gasteiger partial charge in [0.15, 0.2) is 0 Å². The Labute approximate surface area is 216 Å². The quantitative estimate of drug-likeness (QED) is 0.212. The standard InChI is InChI=1S/C18H34N4O9.Ca/c23-12-14(15(25)13-24)22-7-5-20(10-17(28)29)3-1-19(9-16(26)27)2-4-21(6-8-22)11-18(30)31;/h14-15,23-25H,1-13H2,(H,26,27)(H,28,29)(H,30,31);/q;+2/p-2/t14?,15-;/m1./s1. The molecule has 1 aliphatic heterocycles. The molecule has 0 bridgehead atoms. The number of carboxylic acids is 3. The third kappa shape index (κ3) is 12.6. The third-order valence-electron chi connectivity index (χ3n) is 5.22. The smallest absolute Gasteiger partial charge is 0.549 e. The van der Waals surface area contributed by atoms with Crippen LogP contribution in [-0.2, 0) is 14.4 Å². The van der Waals surface area contributed by atoms with E-state index in [1.807, 2.05) is 0 Å². The van der Waals surface area contributed by atoms with Crippen molar-refractivity contribution in [2.75, 3.05) is 85.2 Å². The van der Waals surface area contributed by atoms with Crippen LogP contribution in [0, 0.1) is 0 Å². The van der Waals surface area contributed by atoms with Crippen LogP contribution in [0.2, 0.25) is 0 Å². The first-order valence-corrected chi connectivity index (χ1v) is 10.1. The first kappa shape index (κ1) is 31.4. The Morgan fingerprint density at radius 2 is 1.09 bits per heavy atom. The van der Waals surface area contributed by atoms with Crippen LogP contribution < -0.4 is 10.2 Å². The molecular weight excluding hydrogens is 456 g/mol. The Hall–Kier alpha value is -0.610. The molecule has 1 heterocycles. The molecule has 1 fully saturated rings. The van der Waals surface area contributed by atoms with Gasteiger partial charge in [-0.15, -0.1) is 0 Å². The molecule has 14 heteroatoms. The van der Waals surface area contributed by atoms with E-state index in [9.17, 15) is 45.0 Å². The van der Waals surface area contributed by atoms with Gasteiger partial charge in [-0.3, -0.25) is 24.4 Å². The van der Waals surface area contributed by atoms with Gasteiger partial charge in [-0.1, -0.05) is 0 Å². The second-order valence-electron chi connectivity index (χ2n) is 7.50. The zero-order valence-corrected chi connectivity index (χ0v) is 20.4. The largest absolute Gasteiger partial charge is 2.00 e. The van der Waals surface area contributed by atoms with E-state index in [0.29, 0.717) is 0 Å². The number of hydrogen-bond donors (Lipinski definition) is 4. The number of carbonyl (C=O) groups is 3. The van der Waals surface area contributed by atoms with Crippen molar-refractivity contribution in [2.45, 2.75) is 12.1 Å². The minimum Gasteiger partial charge on any atom is -0.549 e. The van der Waals surface area contributed by atoms with Gasteiger partial charge >= 0.3 is 43.7 Å². The van der Waals surface area contributed by atoms with Crippen molar-refractivity contribution >= 4 is 55.6 Å². The minimum absolute atomic E-state index is 0. The van der Waals surface area contributed by atoms with Crippen LogP contribution in [0.5, 0.6) is 0 Å². The number of rotatable bonds is 10. The zero-order valence-electron chi connectivity index (χ0n) is 18.2. The van der Waals surface area contributed by atoms with E-state index in [1.54, 1.807) is 19.6 Å². The van der Waals surface area contributed by atoms with Crippen molar-refractivity contribution in [3.05, 3.63) is 0 Å². The molecule has 0 radical (unpaired) electrons. The SMILES string of the molecule is O=C([O-])CN1CCN(CC(=O)[O-])CCN(C(CO)[C@H](O)CO)CCN(CC(=O)O)CC1.[Ca+2]. The summed E-state index contributed by atoms with van der Waals surface area (Å²) in [7, 11) is 0. The van der Waals surface area contributed by atoms with Crippen molar-refractivity contribution in [1.82, 2.24) is 19.6 Å². The number of aliphatic carboxylic acids is 3. The fraction of sp³-hybridized carbons (Fsp3) is 0.833. The van der Waals surface area contributed by atoms with Gasteiger partial charge < -0.3 is 40.2 Å². The predicted molar refractivity (Wildman–Crippen MR) is 108 cm³/mol. The summed E-state index contributed by atoms with van der Waals surface area (Å²) in [5, 5.41) is 60.4. The monoisotopic (exact) mass is 488 g/mol. The van der Waals surface area contributed by atoms with Gasteiger partial charge in [0, 0.05) is 65.4 Å². The first-order valence-electron chi connectivity index (χ1n) is 10.1. The molecule has 32 heavy (non-hydrogen) atoms. The summed E-state index contributed by atoms with van der Waals surface area (Å²) in [6, 6.07) is -0.820. The van der Waals surface area contributed by atoms with Gasteiger partial charge in [0.25, 0.3) is 0 Å². The molecule has 0 spiro atoms. The normalized spacial score (nSPS) is 20.3. The molecule has 180 valence electrons. The molecule has 0 aromatic carbocycles. The van der Waals surface area contributed by atoms with Crippen LogP contribution in [-0.4, -0.2) is 193 Å². The third-order valence-corrected chi connectivity index (χ3v) is 5.22. The van der Waals surface area contributed by atoms with E-state index in [1.165, 1.54) is 0 Å². The van der Waals surface area contributed by atoms with Crippen molar-refractivity contribution in [2.24, 2.45) is 0 Å². The van der Waals surface area contributed by atoms with Gasteiger partial charge in [-0.2, -0.15) is 0 Å². The van der Waals surface area contributed by atoms with Gasteiger partial charge in [-0.05, 0) is 0 Å². The van der Waals surface area contributed by atoms with Crippen LogP contribution in [0.15, 0.2) is 0 Å². The van der Waals surface area contributed by atoms with E-state index in [-0.39, 0.29) is 110 Å². The Morgan fingerprint density at radius 1 is 0.719 bits per heavy atom. The van der Waals surface area contributed by atoms with E-state index >= 15 is 0 Å². The van der Waals surface area contributed by atoms with Crippen molar-refractivity contribution in [1.29, 1.82) is 0 Å². The summed E-state index contributed by atoms with van der Waals surface area (Å²) in [4.78, 5) is 39.8. The Kier molecular flexibility index (Phi) is 16.6. The molecule has 1 rings (SSSR count). The van der Waals surface area contributed by atoms with Crippen LogP contribution in [0.4, 0.5) is 0 Å². The summed E-state index contributed by atoms with van der Waals surface area (Å²) in [6.45, 7) is -0.299. The van der Waals surface area contributed by atoms with E-state index in [4.69, 9.17) is 0 Å². The zero-order chi connectivity index (χ0) is 23.4. The van der Waals surface area contributed by atoms with Crippen LogP contribution in [0.3, 0.4) is 0 Å². The molecule has 13 nitrogen and oxygen atoms in total. The molecule has 1 unspecified atom stereocenters. The number of aliphatic hydroxyl groups is 3. The second kappa shape index (κ2) is 16.9. The van der Waals surface area contributed by atoms with Gasteiger partial charge in [-0.25, -0.2) is 0 Å². The number of hydrogen-bond acceptors (Lipinski definition) is 12. The molecule has 0 aliphatic carbocycles. The number of aliphatic hydroxyl groups excluding tert-OH is 3. The Balaban J connectivity index is 0.00000961. The second-order valence-corrected chi connectivity index (χ2v) is 7.50. The summed E-state index contributed by atoms with van der Waals surface area (Å²) in [5.74, 6) is -3.65. The first-order chi connectivity index (χ1) is 14.7. The summed E-state index contributed by atoms with van der Waals surface area (Å²) in [6.07, 6.45) is -1.24. The van der Waals surface area contributed by atoms with E-state index < -0.39 is 43.3 Å². The number of carbonyl (C=O) groups excluding carboxylic acids is 2. The summed E-state index contributed by atoms with van der Waals surface area (Å²) < 4.78 is 0. The van der Waals surface area contributed by atoms with Crippen LogP contribution in [0.1, 0.15) is 0 Å². The predicted octanol–water partition coefficient (Wildman–Crippen LogP) is -6.87. The minimum atomic E-state index is -1.30. The fourth-order valence-corrected chi connectivity index (χ4v) is 3.52. The fourth-order valence-electron chi connectivity index (χ4n) is 3.52. The molecule has 1 aliphatic rings. The van der Waals surface area contributed by atoms with Crippen LogP contribution >= 0.6 is 0 Å². The number of carboxylic acid groups (broad SMARTS) is 3. The average molecular weight is 489 g/mol. The molecule has 0 aromatic heterocycles. The van der Waals surface area contributed by atoms with Gasteiger partial charge in [0.2, 0.25) is 0 Å². The maximum Gasteiger partial charge on any atom is 2.00 e. The summed E-state index contributed by atoms with van der Waals surface area (Å²) in [5.41, 5.74) is 0. The molecule has 4 N–H and O–H groups in total. The Bertz CT molecular complexity index is 555.